The molecule has 0 aliphatic carbocycles. The molecule has 5 nitrogen and oxygen atoms in total. The van der Waals surface area contributed by atoms with E-state index in [4.69, 9.17) is 4.74 Å². The molecule has 26 heavy (non-hydrogen) atoms. The van der Waals surface area contributed by atoms with Gasteiger partial charge in [-0.25, -0.2) is 4.99 Å². The van der Waals surface area contributed by atoms with Crippen LogP contribution in [-0.2, 0) is 22.3 Å². The SMILES string of the molecule is CCNC(=NCc1cccc(C(F)(F)F)c1)N1CC(C)C(C(=O)OC)C1. The molecule has 0 spiro atoms. The number of alkyl halides is 3. The first-order valence-electron chi connectivity index (χ1n) is 8.53. The molecule has 8 heteroatoms. The second kappa shape index (κ2) is 8.42. The van der Waals surface area contributed by atoms with Gasteiger partial charge in [0.1, 0.15) is 0 Å². The summed E-state index contributed by atoms with van der Waals surface area (Å²) in [5.41, 5.74) is -0.206. The Balaban J connectivity index is 2.14. The Bertz CT molecular complexity index is 661. The van der Waals surface area contributed by atoms with Gasteiger partial charge in [-0.15, -0.1) is 0 Å². The molecule has 2 rings (SSSR count). The molecule has 1 aliphatic heterocycles. The molecular formula is C18H24F3N3O2. The van der Waals surface area contributed by atoms with Crippen molar-refractivity contribution in [2.45, 2.75) is 26.6 Å². The van der Waals surface area contributed by atoms with E-state index in [1.165, 1.54) is 13.2 Å². The average molecular weight is 371 g/mol. The Morgan fingerprint density at radius 3 is 2.73 bits per heavy atom. The van der Waals surface area contributed by atoms with Gasteiger partial charge in [0.25, 0.3) is 0 Å². The molecule has 1 heterocycles. The van der Waals surface area contributed by atoms with Crippen molar-refractivity contribution < 1.29 is 22.7 Å². The number of carbonyl (C=O) groups excluding carboxylic acids is 1. The second-order valence-corrected chi connectivity index (χ2v) is 6.38. The molecule has 0 bridgehead atoms. The summed E-state index contributed by atoms with van der Waals surface area (Å²) in [5.74, 6) is 0.203. The van der Waals surface area contributed by atoms with Gasteiger partial charge in [0, 0.05) is 19.6 Å². The normalized spacial score (nSPS) is 21.0. The van der Waals surface area contributed by atoms with Crippen molar-refractivity contribution in [3.05, 3.63) is 35.4 Å². The van der Waals surface area contributed by atoms with Gasteiger partial charge >= 0.3 is 12.1 Å². The number of hydrogen-bond donors (Lipinski definition) is 1. The van der Waals surface area contributed by atoms with Gasteiger partial charge in [0.05, 0.1) is 25.1 Å². The van der Waals surface area contributed by atoms with E-state index in [9.17, 15) is 18.0 Å². The molecule has 1 fully saturated rings. The van der Waals surface area contributed by atoms with Crippen LogP contribution >= 0.6 is 0 Å². The zero-order chi connectivity index (χ0) is 19.3. The third-order valence-corrected chi connectivity index (χ3v) is 4.42. The summed E-state index contributed by atoms with van der Waals surface area (Å²) < 4.78 is 43.3. The number of ether oxygens (including phenoxy) is 1. The molecule has 0 saturated carbocycles. The van der Waals surface area contributed by atoms with Gasteiger partial charge in [0.2, 0.25) is 0 Å². The number of methoxy groups -OCH3 is 1. The number of carbonyl (C=O) groups is 1. The largest absolute Gasteiger partial charge is 0.469 e. The van der Waals surface area contributed by atoms with Gasteiger partial charge in [0.15, 0.2) is 5.96 Å². The van der Waals surface area contributed by atoms with Crippen molar-refractivity contribution in [3.63, 3.8) is 0 Å². The molecule has 0 amide bonds. The molecular weight excluding hydrogens is 347 g/mol. The molecule has 1 N–H and O–H groups in total. The lowest BCUT2D eigenvalue weighted by Gasteiger charge is -2.21. The summed E-state index contributed by atoms with van der Waals surface area (Å²) in [7, 11) is 1.37. The quantitative estimate of drug-likeness (QED) is 0.502. The standard InChI is InChI=1S/C18H24F3N3O2/c1-4-22-17(24-10-12(2)15(11-24)16(25)26-3)23-9-13-6-5-7-14(8-13)18(19,20)21/h5-8,12,15H,4,9-11H2,1-3H3,(H,22,23). The van der Waals surface area contributed by atoms with Crippen molar-refractivity contribution in [1.82, 2.24) is 10.2 Å². The van der Waals surface area contributed by atoms with Crippen LogP contribution in [0.25, 0.3) is 0 Å². The van der Waals surface area contributed by atoms with Crippen LogP contribution in [-0.4, -0.2) is 43.6 Å². The maximum atomic E-state index is 12.8. The van der Waals surface area contributed by atoms with Crippen LogP contribution in [0.3, 0.4) is 0 Å². The molecule has 1 aromatic carbocycles. The van der Waals surface area contributed by atoms with Crippen LogP contribution in [0.4, 0.5) is 13.2 Å². The summed E-state index contributed by atoms with van der Waals surface area (Å²) in [5, 5.41) is 3.14. The molecule has 1 saturated heterocycles. The number of nitrogens with one attached hydrogen (secondary N) is 1. The minimum Gasteiger partial charge on any atom is -0.469 e. The van der Waals surface area contributed by atoms with Crippen LogP contribution in [0.1, 0.15) is 25.0 Å². The molecule has 2 unspecified atom stereocenters. The predicted octanol–water partition coefficient (Wildman–Crippen LogP) is 2.91. The second-order valence-electron chi connectivity index (χ2n) is 6.38. The fourth-order valence-electron chi connectivity index (χ4n) is 3.04. The first kappa shape index (κ1) is 20.1. The van der Waals surface area contributed by atoms with Gasteiger partial charge in [-0.2, -0.15) is 13.2 Å². The van der Waals surface area contributed by atoms with E-state index in [0.29, 0.717) is 31.2 Å². The van der Waals surface area contributed by atoms with Crippen LogP contribution in [0.5, 0.6) is 0 Å². The maximum Gasteiger partial charge on any atom is 0.416 e. The summed E-state index contributed by atoms with van der Waals surface area (Å²) in [6, 6.07) is 5.15. The third-order valence-electron chi connectivity index (χ3n) is 4.42. The predicted molar refractivity (Wildman–Crippen MR) is 92.5 cm³/mol. The Kier molecular flexibility index (Phi) is 6.50. The monoisotopic (exact) mass is 371 g/mol. The van der Waals surface area contributed by atoms with Gasteiger partial charge < -0.3 is 15.0 Å². The number of halogens is 3. The van der Waals surface area contributed by atoms with E-state index >= 15 is 0 Å². The molecule has 0 aromatic heterocycles. The van der Waals surface area contributed by atoms with E-state index in [1.807, 2.05) is 18.7 Å². The van der Waals surface area contributed by atoms with E-state index < -0.39 is 11.7 Å². The lowest BCUT2D eigenvalue weighted by atomic mass is 9.99. The number of likely N-dealkylation sites (tertiary alicyclic amines) is 1. The Labute approximate surface area is 151 Å². The first-order valence-corrected chi connectivity index (χ1v) is 8.53. The smallest absolute Gasteiger partial charge is 0.416 e. The zero-order valence-corrected chi connectivity index (χ0v) is 15.1. The fourth-order valence-corrected chi connectivity index (χ4v) is 3.04. The highest BCUT2D eigenvalue weighted by Crippen LogP contribution is 2.29. The Morgan fingerprint density at radius 2 is 2.12 bits per heavy atom. The number of esters is 1. The van der Waals surface area contributed by atoms with Gasteiger partial charge in [-0.1, -0.05) is 19.1 Å². The van der Waals surface area contributed by atoms with Gasteiger partial charge in [-0.3, -0.25) is 4.79 Å². The number of rotatable bonds is 4. The number of nitrogens with zero attached hydrogens (tertiary/aromatic N) is 2. The first-order chi connectivity index (χ1) is 12.3. The minimum absolute atomic E-state index is 0.111. The molecule has 1 aliphatic rings. The molecule has 2 atom stereocenters. The highest BCUT2D eigenvalue weighted by Gasteiger charge is 2.37. The van der Waals surface area contributed by atoms with Crippen molar-refractivity contribution in [1.29, 1.82) is 0 Å². The van der Waals surface area contributed by atoms with E-state index in [1.54, 1.807) is 6.07 Å². The zero-order valence-electron chi connectivity index (χ0n) is 15.1. The van der Waals surface area contributed by atoms with E-state index in [2.05, 4.69) is 10.3 Å². The Hall–Kier alpha value is -2.25. The van der Waals surface area contributed by atoms with Crippen LogP contribution in [0, 0.1) is 11.8 Å². The number of hydrogen-bond acceptors (Lipinski definition) is 3. The highest BCUT2D eigenvalue weighted by atomic mass is 19.4. The van der Waals surface area contributed by atoms with Gasteiger partial charge in [-0.05, 0) is 30.5 Å². The van der Waals surface area contributed by atoms with Crippen molar-refractivity contribution in [2.24, 2.45) is 16.8 Å². The average Bonchev–Trinajstić information content (AvgIpc) is 2.99. The van der Waals surface area contributed by atoms with E-state index in [0.717, 1.165) is 12.1 Å². The maximum absolute atomic E-state index is 12.8. The van der Waals surface area contributed by atoms with Crippen LogP contribution in [0.2, 0.25) is 0 Å². The van der Waals surface area contributed by atoms with Crippen molar-refractivity contribution in [2.75, 3.05) is 26.7 Å². The Morgan fingerprint density at radius 1 is 1.38 bits per heavy atom. The number of aliphatic imine (C=N–C) groups is 1. The third kappa shape index (κ3) is 4.89. The lowest BCUT2D eigenvalue weighted by Crippen LogP contribution is -2.40. The molecule has 1 aromatic rings. The minimum atomic E-state index is -4.37. The van der Waals surface area contributed by atoms with Crippen LogP contribution < -0.4 is 5.32 Å². The molecule has 144 valence electrons. The number of benzene rings is 1. The topological polar surface area (TPSA) is 53.9 Å². The lowest BCUT2D eigenvalue weighted by molar-refractivity contribution is -0.146. The molecule has 0 radical (unpaired) electrons. The summed E-state index contributed by atoms with van der Waals surface area (Å²) in [4.78, 5) is 18.2. The number of guanidine groups is 1. The van der Waals surface area contributed by atoms with E-state index in [-0.39, 0.29) is 24.3 Å². The summed E-state index contributed by atoms with van der Waals surface area (Å²) in [6.07, 6.45) is -4.37. The van der Waals surface area contributed by atoms with Crippen molar-refractivity contribution >= 4 is 11.9 Å². The van der Waals surface area contributed by atoms with Crippen LogP contribution in [0.15, 0.2) is 29.3 Å². The van der Waals surface area contributed by atoms with Crippen molar-refractivity contribution in [3.8, 4) is 0 Å². The fraction of sp³-hybridized carbons (Fsp3) is 0.556. The highest BCUT2D eigenvalue weighted by molar-refractivity contribution is 5.82. The summed E-state index contributed by atoms with van der Waals surface area (Å²) >= 11 is 0. The summed E-state index contributed by atoms with van der Waals surface area (Å²) in [6.45, 7) is 5.74.